The molecule has 0 bridgehead atoms. The van der Waals surface area contributed by atoms with Crippen LogP contribution in [0.1, 0.15) is 13.3 Å². The highest BCUT2D eigenvalue weighted by atomic mass is 32.2. The van der Waals surface area contributed by atoms with E-state index in [1.165, 1.54) is 19.2 Å². The first kappa shape index (κ1) is 14.4. The van der Waals surface area contributed by atoms with Gasteiger partial charge in [0.1, 0.15) is 0 Å². The van der Waals surface area contributed by atoms with Gasteiger partial charge >= 0.3 is 0 Å². The molecule has 0 saturated heterocycles. The number of hydrazine groups is 1. The first-order valence-electron chi connectivity index (χ1n) is 5.09. The maximum absolute atomic E-state index is 12.0. The Labute approximate surface area is 105 Å². The van der Waals surface area contributed by atoms with E-state index in [4.69, 9.17) is 11.6 Å². The predicted octanol–water partition coefficient (Wildman–Crippen LogP) is -1.09. The molecule has 1 unspecified atom stereocenters. The van der Waals surface area contributed by atoms with Crippen LogP contribution in [0.3, 0.4) is 0 Å². The summed E-state index contributed by atoms with van der Waals surface area (Å²) >= 11 is 0. The lowest BCUT2D eigenvalue weighted by atomic mass is 10.2. The van der Waals surface area contributed by atoms with Crippen molar-refractivity contribution in [1.29, 1.82) is 0 Å². The molecule has 18 heavy (non-hydrogen) atoms. The number of amides is 1. The lowest BCUT2D eigenvalue weighted by molar-refractivity contribution is -0.118. The van der Waals surface area contributed by atoms with Crippen LogP contribution >= 0.6 is 0 Å². The number of nitrogen functional groups attached to an aromatic ring is 1. The normalized spacial score (nSPS) is 13.0. The zero-order valence-electron chi connectivity index (χ0n) is 9.75. The fourth-order valence-corrected chi connectivity index (χ4v) is 2.72. The van der Waals surface area contributed by atoms with Gasteiger partial charge in [0.05, 0.1) is 5.69 Å². The predicted molar refractivity (Wildman–Crippen MR) is 65.6 cm³/mol. The summed E-state index contributed by atoms with van der Waals surface area (Å²) in [5.41, 5.74) is 7.39. The van der Waals surface area contributed by atoms with Crippen LogP contribution in [0.2, 0.25) is 0 Å². The lowest BCUT2D eigenvalue weighted by Crippen LogP contribution is -2.36. The Hall–Kier alpha value is -1.71. The monoisotopic (exact) mass is 273 g/mol. The summed E-state index contributed by atoms with van der Waals surface area (Å²) in [4.78, 5) is 14.4. The number of carbonyl (C=O) groups excluding carboxylic acids is 1. The van der Waals surface area contributed by atoms with Gasteiger partial charge < -0.3 is 11.2 Å². The molecule has 6 N–H and O–H groups in total. The summed E-state index contributed by atoms with van der Waals surface area (Å²) in [5, 5.41) is -0.233. The molecule has 0 spiro atoms. The molecular weight excluding hydrogens is 258 g/mol. The van der Waals surface area contributed by atoms with E-state index >= 15 is 0 Å². The largest absolute Gasteiger partial charge is 0.370 e. The maximum atomic E-state index is 12.0. The van der Waals surface area contributed by atoms with Gasteiger partial charge in [-0.25, -0.2) is 18.1 Å². The van der Waals surface area contributed by atoms with Gasteiger partial charge in [-0.15, -0.1) is 0 Å². The number of aromatic nitrogens is 1. The SMILES string of the molecule is CC(CC(N)=O)NS(=O)(=O)c1ncccc1NN. The van der Waals surface area contributed by atoms with Gasteiger partial charge in [-0.3, -0.25) is 10.6 Å². The number of nitrogens with zero attached hydrogens (tertiary/aromatic N) is 1. The highest BCUT2D eigenvalue weighted by Gasteiger charge is 2.22. The minimum absolute atomic E-state index is 0.0998. The topological polar surface area (TPSA) is 140 Å². The molecule has 0 saturated carbocycles. The third kappa shape index (κ3) is 3.65. The molecule has 0 aliphatic carbocycles. The Bertz CT molecular complexity index is 531. The average molecular weight is 273 g/mol. The van der Waals surface area contributed by atoms with Gasteiger partial charge in [0, 0.05) is 18.7 Å². The third-order valence-corrected chi connectivity index (χ3v) is 3.59. The number of hydrogen-bond donors (Lipinski definition) is 4. The van der Waals surface area contributed by atoms with E-state index in [9.17, 15) is 13.2 Å². The lowest BCUT2D eigenvalue weighted by Gasteiger charge is -2.13. The van der Waals surface area contributed by atoms with Crippen molar-refractivity contribution in [1.82, 2.24) is 9.71 Å². The van der Waals surface area contributed by atoms with E-state index in [-0.39, 0.29) is 17.1 Å². The van der Waals surface area contributed by atoms with Crippen molar-refractivity contribution >= 4 is 21.6 Å². The van der Waals surface area contributed by atoms with E-state index in [0.717, 1.165) is 0 Å². The van der Waals surface area contributed by atoms with Crippen molar-refractivity contribution in [3.8, 4) is 0 Å². The molecule has 0 aromatic carbocycles. The molecule has 1 aromatic rings. The molecule has 1 aromatic heterocycles. The molecule has 100 valence electrons. The minimum atomic E-state index is -3.86. The molecule has 0 aliphatic rings. The maximum Gasteiger partial charge on any atom is 0.260 e. The van der Waals surface area contributed by atoms with Crippen LogP contribution in [-0.4, -0.2) is 25.4 Å². The van der Waals surface area contributed by atoms with Crippen molar-refractivity contribution in [3.05, 3.63) is 18.3 Å². The molecule has 1 heterocycles. The van der Waals surface area contributed by atoms with Crippen LogP contribution in [0.25, 0.3) is 0 Å². The second-order valence-corrected chi connectivity index (χ2v) is 5.32. The number of sulfonamides is 1. The van der Waals surface area contributed by atoms with Crippen molar-refractivity contribution in [2.75, 3.05) is 5.43 Å². The van der Waals surface area contributed by atoms with Gasteiger partial charge in [-0.05, 0) is 19.1 Å². The number of nitrogens with two attached hydrogens (primary N) is 2. The summed E-state index contributed by atoms with van der Waals surface area (Å²) in [6, 6.07) is 2.39. The highest BCUT2D eigenvalue weighted by Crippen LogP contribution is 2.16. The molecule has 1 amide bonds. The number of rotatable bonds is 6. The van der Waals surface area contributed by atoms with Gasteiger partial charge in [-0.2, -0.15) is 0 Å². The standard InChI is InChI=1S/C9H15N5O3S/c1-6(5-8(10)15)14-18(16,17)9-7(13-11)3-2-4-12-9/h2-4,6,13-14H,5,11H2,1H3,(H2,10,15). The fraction of sp³-hybridized carbons (Fsp3) is 0.333. The zero-order valence-corrected chi connectivity index (χ0v) is 10.6. The molecule has 0 fully saturated rings. The Balaban J connectivity index is 2.96. The average Bonchev–Trinajstić information content (AvgIpc) is 2.27. The number of nitrogens with one attached hydrogen (secondary N) is 2. The van der Waals surface area contributed by atoms with Crippen LogP contribution in [0.5, 0.6) is 0 Å². The van der Waals surface area contributed by atoms with Gasteiger partial charge in [0.2, 0.25) is 5.91 Å². The smallest absolute Gasteiger partial charge is 0.260 e. The fourth-order valence-electron chi connectivity index (χ4n) is 1.38. The highest BCUT2D eigenvalue weighted by molar-refractivity contribution is 7.89. The van der Waals surface area contributed by atoms with Gasteiger partial charge in [0.25, 0.3) is 10.0 Å². The second-order valence-electron chi connectivity index (χ2n) is 3.69. The van der Waals surface area contributed by atoms with Gasteiger partial charge in [0.15, 0.2) is 5.03 Å². The van der Waals surface area contributed by atoms with E-state index in [0.29, 0.717) is 0 Å². The zero-order chi connectivity index (χ0) is 13.8. The number of primary amides is 1. The van der Waals surface area contributed by atoms with Crippen LogP contribution in [0, 0.1) is 0 Å². The van der Waals surface area contributed by atoms with Crippen molar-refractivity contribution in [2.24, 2.45) is 11.6 Å². The van der Waals surface area contributed by atoms with Gasteiger partial charge in [-0.1, -0.05) is 0 Å². The molecule has 8 nitrogen and oxygen atoms in total. The molecule has 0 radical (unpaired) electrons. The van der Waals surface area contributed by atoms with Crippen LogP contribution in [0.4, 0.5) is 5.69 Å². The molecule has 1 atom stereocenters. The summed E-state index contributed by atoms with van der Waals surface area (Å²) in [6.07, 6.45) is 1.23. The first-order valence-corrected chi connectivity index (χ1v) is 6.57. The first-order chi connectivity index (χ1) is 8.36. The van der Waals surface area contributed by atoms with E-state index in [1.807, 2.05) is 0 Å². The number of hydrogen-bond acceptors (Lipinski definition) is 6. The third-order valence-electron chi connectivity index (χ3n) is 2.04. The van der Waals surface area contributed by atoms with E-state index < -0.39 is 22.0 Å². The summed E-state index contributed by atoms with van der Waals surface area (Å²) in [5.74, 6) is 4.61. The van der Waals surface area contributed by atoms with E-state index in [1.54, 1.807) is 6.07 Å². The quantitative estimate of drug-likeness (QED) is 0.383. The number of carbonyl (C=O) groups is 1. The van der Waals surface area contributed by atoms with Crippen molar-refractivity contribution < 1.29 is 13.2 Å². The molecule has 1 rings (SSSR count). The number of pyridine rings is 1. The second kappa shape index (κ2) is 5.76. The summed E-state index contributed by atoms with van der Waals surface area (Å²) in [7, 11) is -3.86. The van der Waals surface area contributed by atoms with Crippen LogP contribution in [-0.2, 0) is 14.8 Å². The van der Waals surface area contributed by atoms with E-state index in [2.05, 4.69) is 15.1 Å². The molecule has 9 heteroatoms. The Morgan fingerprint density at radius 2 is 2.22 bits per heavy atom. The van der Waals surface area contributed by atoms with Crippen LogP contribution in [0.15, 0.2) is 23.4 Å². The van der Waals surface area contributed by atoms with Crippen LogP contribution < -0.4 is 21.7 Å². The Morgan fingerprint density at radius 1 is 1.56 bits per heavy atom. The Morgan fingerprint density at radius 3 is 2.78 bits per heavy atom. The Kier molecular flexibility index (Phi) is 4.59. The molecule has 0 aliphatic heterocycles. The van der Waals surface area contributed by atoms with Crippen molar-refractivity contribution in [2.45, 2.75) is 24.4 Å². The number of anilines is 1. The van der Waals surface area contributed by atoms with Crippen molar-refractivity contribution in [3.63, 3.8) is 0 Å². The minimum Gasteiger partial charge on any atom is -0.370 e. The molecular formula is C9H15N5O3S. The summed E-state index contributed by atoms with van der Waals surface area (Å²) in [6.45, 7) is 1.53. The summed E-state index contributed by atoms with van der Waals surface area (Å²) < 4.78 is 26.3.